The highest BCUT2D eigenvalue weighted by Gasteiger charge is 2.14. The van der Waals surface area contributed by atoms with E-state index in [4.69, 9.17) is 4.74 Å². The van der Waals surface area contributed by atoms with E-state index in [0.717, 1.165) is 31.0 Å². The minimum Gasteiger partial charge on any atom is -0.380 e. The lowest BCUT2D eigenvalue weighted by atomic mass is 10.0. The second-order valence-corrected chi connectivity index (χ2v) is 5.53. The third-order valence-electron chi connectivity index (χ3n) is 3.64. The van der Waals surface area contributed by atoms with Crippen LogP contribution in [0.3, 0.4) is 0 Å². The van der Waals surface area contributed by atoms with Crippen LogP contribution in [-0.4, -0.2) is 29.5 Å². The number of aromatic nitrogens is 2. The van der Waals surface area contributed by atoms with Crippen LogP contribution in [0.1, 0.15) is 26.3 Å². The SMILES string of the molecule is CCOCC(NCc1cn[nH]c1-c1ccccc1)C(C)C. The zero-order chi connectivity index (χ0) is 15.1. The van der Waals surface area contributed by atoms with Crippen LogP contribution in [0.25, 0.3) is 11.3 Å². The maximum atomic E-state index is 5.56. The van der Waals surface area contributed by atoms with Crippen LogP contribution in [0.2, 0.25) is 0 Å². The molecule has 21 heavy (non-hydrogen) atoms. The predicted molar refractivity (Wildman–Crippen MR) is 86.0 cm³/mol. The molecule has 0 spiro atoms. The Morgan fingerprint density at radius 3 is 2.67 bits per heavy atom. The molecular weight excluding hydrogens is 262 g/mol. The van der Waals surface area contributed by atoms with Crippen molar-refractivity contribution in [1.29, 1.82) is 0 Å². The van der Waals surface area contributed by atoms with Crippen LogP contribution in [0, 0.1) is 5.92 Å². The van der Waals surface area contributed by atoms with Crippen molar-refractivity contribution in [2.45, 2.75) is 33.4 Å². The highest BCUT2D eigenvalue weighted by atomic mass is 16.5. The minimum absolute atomic E-state index is 0.350. The van der Waals surface area contributed by atoms with Crippen molar-refractivity contribution in [1.82, 2.24) is 15.5 Å². The monoisotopic (exact) mass is 287 g/mol. The summed E-state index contributed by atoms with van der Waals surface area (Å²) in [6.07, 6.45) is 1.90. The molecule has 0 aliphatic rings. The molecule has 0 bridgehead atoms. The van der Waals surface area contributed by atoms with E-state index in [0.29, 0.717) is 12.0 Å². The molecule has 2 rings (SSSR count). The van der Waals surface area contributed by atoms with Gasteiger partial charge in [-0.2, -0.15) is 5.10 Å². The molecule has 4 heteroatoms. The first-order chi connectivity index (χ1) is 10.2. The van der Waals surface area contributed by atoms with Crippen molar-refractivity contribution < 1.29 is 4.74 Å². The smallest absolute Gasteiger partial charge is 0.0695 e. The minimum atomic E-state index is 0.350. The van der Waals surface area contributed by atoms with E-state index >= 15 is 0 Å². The normalized spacial score (nSPS) is 12.8. The number of aromatic amines is 1. The van der Waals surface area contributed by atoms with Crippen molar-refractivity contribution in [3.63, 3.8) is 0 Å². The van der Waals surface area contributed by atoms with Crippen molar-refractivity contribution in [3.05, 3.63) is 42.1 Å². The van der Waals surface area contributed by atoms with Gasteiger partial charge in [-0.15, -0.1) is 0 Å². The van der Waals surface area contributed by atoms with Gasteiger partial charge in [0.1, 0.15) is 0 Å². The van der Waals surface area contributed by atoms with Crippen LogP contribution in [0.15, 0.2) is 36.5 Å². The molecule has 0 aliphatic carbocycles. The zero-order valence-electron chi connectivity index (χ0n) is 13.1. The average molecular weight is 287 g/mol. The second kappa shape index (κ2) is 7.96. The van der Waals surface area contributed by atoms with Crippen LogP contribution in [-0.2, 0) is 11.3 Å². The maximum Gasteiger partial charge on any atom is 0.0695 e. The van der Waals surface area contributed by atoms with E-state index in [-0.39, 0.29) is 0 Å². The van der Waals surface area contributed by atoms with Gasteiger partial charge in [0.2, 0.25) is 0 Å². The van der Waals surface area contributed by atoms with Gasteiger partial charge in [0.25, 0.3) is 0 Å². The lowest BCUT2D eigenvalue weighted by Crippen LogP contribution is -2.37. The first-order valence-corrected chi connectivity index (χ1v) is 7.61. The van der Waals surface area contributed by atoms with E-state index < -0.39 is 0 Å². The molecule has 2 aromatic rings. The fourth-order valence-electron chi connectivity index (χ4n) is 2.27. The molecule has 1 unspecified atom stereocenters. The quantitative estimate of drug-likeness (QED) is 0.783. The molecule has 2 N–H and O–H groups in total. The van der Waals surface area contributed by atoms with E-state index in [1.165, 1.54) is 5.56 Å². The molecule has 0 aliphatic heterocycles. The summed E-state index contributed by atoms with van der Waals surface area (Å²) in [4.78, 5) is 0. The number of rotatable bonds is 8. The summed E-state index contributed by atoms with van der Waals surface area (Å²) in [5.41, 5.74) is 3.43. The molecule has 1 heterocycles. The summed E-state index contributed by atoms with van der Waals surface area (Å²) in [7, 11) is 0. The Morgan fingerprint density at radius 2 is 2.00 bits per heavy atom. The first-order valence-electron chi connectivity index (χ1n) is 7.61. The summed E-state index contributed by atoms with van der Waals surface area (Å²) < 4.78 is 5.56. The Balaban J connectivity index is 2.02. The van der Waals surface area contributed by atoms with Gasteiger partial charge < -0.3 is 10.1 Å². The van der Waals surface area contributed by atoms with Gasteiger partial charge in [-0.1, -0.05) is 44.2 Å². The van der Waals surface area contributed by atoms with Crippen molar-refractivity contribution in [2.75, 3.05) is 13.2 Å². The number of ether oxygens (including phenoxy) is 1. The van der Waals surface area contributed by atoms with E-state index in [2.05, 4.69) is 41.5 Å². The number of H-pyrrole nitrogens is 1. The zero-order valence-corrected chi connectivity index (χ0v) is 13.1. The number of nitrogens with zero attached hydrogens (tertiary/aromatic N) is 1. The Hall–Kier alpha value is -1.65. The lowest BCUT2D eigenvalue weighted by Gasteiger charge is -2.22. The molecule has 1 atom stereocenters. The Morgan fingerprint density at radius 1 is 1.24 bits per heavy atom. The third kappa shape index (κ3) is 4.41. The van der Waals surface area contributed by atoms with Crippen molar-refractivity contribution in [3.8, 4) is 11.3 Å². The number of benzene rings is 1. The number of nitrogens with one attached hydrogen (secondary N) is 2. The van der Waals surface area contributed by atoms with Crippen LogP contribution < -0.4 is 5.32 Å². The van der Waals surface area contributed by atoms with Crippen LogP contribution in [0.4, 0.5) is 0 Å². The summed E-state index contributed by atoms with van der Waals surface area (Å²) in [5.74, 6) is 0.531. The van der Waals surface area contributed by atoms with Crippen LogP contribution >= 0.6 is 0 Å². The summed E-state index contributed by atoms with van der Waals surface area (Å²) in [6.45, 7) is 8.74. The van der Waals surface area contributed by atoms with E-state index in [1.54, 1.807) is 0 Å². The summed E-state index contributed by atoms with van der Waals surface area (Å²) in [6, 6.07) is 10.6. The van der Waals surface area contributed by atoms with Gasteiger partial charge in [0, 0.05) is 24.8 Å². The van der Waals surface area contributed by atoms with Gasteiger partial charge in [0.05, 0.1) is 18.5 Å². The molecule has 0 saturated heterocycles. The van der Waals surface area contributed by atoms with Gasteiger partial charge in [0.15, 0.2) is 0 Å². The molecule has 0 saturated carbocycles. The molecule has 1 aromatic carbocycles. The Labute approximate surface area is 126 Å². The first kappa shape index (κ1) is 15.7. The highest BCUT2D eigenvalue weighted by Crippen LogP contribution is 2.20. The molecule has 0 amide bonds. The average Bonchev–Trinajstić information content (AvgIpc) is 2.96. The standard InChI is InChI=1S/C17H25N3O/c1-4-21-12-16(13(2)3)18-10-15-11-19-20-17(15)14-8-6-5-7-9-14/h5-9,11,13,16,18H,4,10,12H2,1-3H3,(H,19,20). The van der Waals surface area contributed by atoms with Gasteiger partial charge in [-0.25, -0.2) is 0 Å². The van der Waals surface area contributed by atoms with Crippen molar-refractivity contribution >= 4 is 0 Å². The van der Waals surface area contributed by atoms with E-state index in [9.17, 15) is 0 Å². The van der Waals surface area contributed by atoms with Gasteiger partial charge >= 0.3 is 0 Å². The summed E-state index contributed by atoms with van der Waals surface area (Å²) in [5, 5.41) is 10.9. The fourth-order valence-corrected chi connectivity index (χ4v) is 2.27. The third-order valence-corrected chi connectivity index (χ3v) is 3.64. The maximum absolute atomic E-state index is 5.56. The molecule has 0 fully saturated rings. The van der Waals surface area contributed by atoms with Gasteiger partial charge in [-0.3, -0.25) is 5.10 Å². The topological polar surface area (TPSA) is 49.9 Å². The molecule has 1 aromatic heterocycles. The predicted octanol–water partition coefficient (Wildman–Crippen LogP) is 3.23. The lowest BCUT2D eigenvalue weighted by molar-refractivity contribution is 0.108. The van der Waals surface area contributed by atoms with Crippen LogP contribution in [0.5, 0.6) is 0 Å². The molecule has 4 nitrogen and oxygen atoms in total. The fraction of sp³-hybridized carbons (Fsp3) is 0.471. The molecule has 0 radical (unpaired) electrons. The largest absolute Gasteiger partial charge is 0.380 e. The van der Waals surface area contributed by atoms with Crippen molar-refractivity contribution in [2.24, 2.45) is 5.92 Å². The Kier molecular flexibility index (Phi) is 5.96. The molecular formula is C17H25N3O. The van der Waals surface area contributed by atoms with Gasteiger partial charge in [-0.05, 0) is 18.4 Å². The van der Waals surface area contributed by atoms with E-state index in [1.807, 2.05) is 31.3 Å². The highest BCUT2D eigenvalue weighted by molar-refractivity contribution is 5.62. The number of hydrogen-bond acceptors (Lipinski definition) is 3. The number of hydrogen-bond donors (Lipinski definition) is 2. The summed E-state index contributed by atoms with van der Waals surface area (Å²) >= 11 is 0. The Bertz CT molecular complexity index is 522. The second-order valence-electron chi connectivity index (χ2n) is 5.53. The molecule has 114 valence electrons.